The van der Waals surface area contributed by atoms with Crippen LogP contribution in [-0.2, 0) is 25.3 Å². The number of carbonyl (C=O) groups excluding carboxylic acids is 1. The fourth-order valence-electron chi connectivity index (χ4n) is 2.21. The van der Waals surface area contributed by atoms with Crippen LogP contribution in [0.1, 0.15) is 18.4 Å². The highest BCUT2D eigenvalue weighted by atomic mass is 32.2. The fraction of sp³-hybridized carbons (Fsp3) is 0.235. The van der Waals surface area contributed by atoms with E-state index in [1.807, 2.05) is 0 Å². The Morgan fingerprint density at radius 1 is 1.04 bits per heavy atom. The maximum absolute atomic E-state index is 14.2. The van der Waals surface area contributed by atoms with Crippen LogP contribution in [0, 0.1) is 5.82 Å². The van der Waals surface area contributed by atoms with Crippen LogP contribution in [0.2, 0.25) is 0 Å². The molecule has 0 fully saturated rings. The molecule has 2 aromatic carbocycles. The van der Waals surface area contributed by atoms with E-state index in [4.69, 9.17) is 5.73 Å². The molecule has 0 aromatic heterocycles. The van der Waals surface area contributed by atoms with Crippen molar-refractivity contribution in [3.05, 3.63) is 53.8 Å². The Bertz CT molecular complexity index is 925. The summed E-state index contributed by atoms with van der Waals surface area (Å²) in [6, 6.07) is 7.12. The summed E-state index contributed by atoms with van der Waals surface area (Å²) in [5.74, 6) is -1.73. The number of primary amides is 1. The van der Waals surface area contributed by atoms with Gasteiger partial charge in [-0.2, -0.15) is 21.6 Å². The van der Waals surface area contributed by atoms with Gasteiger partial charge >= 0.3 is 6.18 Å². The van der Waals surface area contributed by atoms with Gasteiger partial charge in [0, 0.05) is 6.42 Å². The normalized spacial score (nSPS) is 12.1. The lowest BCUT2D eigenvalue weighted by Gasteiger charge is -2.10. The second-order valence-corrected chi connectivity index (χ2v) is 7.15. The van der Waals surface area contributed by atoms with E-state index >= 15 is 0 Å². The number of nitrogens with two attached hydrogens (primary N) is 1. The molecule has 0 heterocycles. The largest absolute Gasteiger partial charge is 0.416 e. The molecule has 1 amide bonds. The summed E-state index contributed by atoms with van der Waals surface area (Å²) < 4.78 is 80.6. The molecule has 146 valence electrons. The highest BCUT2D eigenvalue weighted by Crippen LogP contribution is 2.31. The van der Waals surface area contributed by atoms with E-state index in [1.54, 1.807) is 0 Å². The van der Waals surface area contributed by atoms with Gasteiger partial charge in [0.25, 0.3) is 10.1 Å². The molecule has 27 heavy (non-hydrogen) atoms. The lowest BCUT2D eigenvalue weighted by molar-refractivity contribution is -0.137. The summed E-state index contributed by atoms with van der Waals surface area (Å²) in [4.78, 5) is 9.88. The molecule has 0 radical (unpaired) electrons. The third kappa shape index (κ3) is 5.51. The van der Waals surface area contributed by atoms with Gasteiger partial charge in [-0.25, -0.2) is 4.39 Å². The summed E-state index contributed by atoms with van der Waals surface area (Å²) in [7, 11) is -4.39. The molecule has 0 aliphatic carbocycles. The molecule has 0 bridgehead atoms. The van der Waals surface area contributed by atoms with Gasteiger partial charge in [-0.15, -0.1) is 0 Å². The molecule has 0 saturated carbocycles. The first-order chi connectivity index (χ1) is 12.5. The van der Waals surface area contributed by atoms with E-state index in [2.05, 4.69) is 4.18 Å². The molecule has 0 aliphatic rings. The van der Waals surface area contributed by atoms with Crippen molar-refractivity contribution in [2.45, 2.75) is 23.9 Å². The second-order valence-electron chi connectivity index (χ2n) is 5.57. The average Bonchev–Trinajstić information content (AvgIpc) is 2.57. The quantitative estimate of drug-likeness (QED) is 0.434. The topological polar surface area (TPSA) is 86.5 Å². The van der Waals surface area contributed by atoms with Crippen LogP contribution >= 0.6 is 0 Å². The Balaban J connectivity index is 2.18. The van der Waals surface area contributed by atoms with Crippen LogP contribution in [0.4, 0.5) is 17.6 Å². The molecule has 0 aliphatic heterocycles. The summed E-state index contributed by atoms with van der Waals surface area (Å²) in [6.07, 6.45) is -4.52. The Kier molecular flexibility index (Phi) is 6.22. The Morgan fingerprint density at radius 3 is 2.15 bits per heavy atom. The number of carbonyl (C=O) groups is 1. The molecule has 5 nitrogen and oxygen atoms in total. The highest BCUT2D eigenvalue weighted by Gasteiger charge is 2.30. The van der Waals surface area contributed by atoms with Crippen LogP contribution in [-0.4, -0.2) is 20.9 Å². The zero-order valence-corrected chi connectivity index (χ0v) is 14.6. The van der Waals surface area contributed by atoms with Crippen molar-refractivity contribution in [1.82, 2.24) is 0 Å². The van der Waals surface area contributed by atoms with Gasteiger partial charge in [0.1, 0.15) is 10.7 Å². The first-order valence-electron chi connectivity index (χ1n) is 7.65. The van der Waals surface area contributed by atoms with E-state index < -0.39 is 38.5 Å². The molecule has 2 rings (SSSR count). The van der Waals surface area contributed by atoms with Gasteiger partial charge in [0.2, 0.25) is 5.91 Å². The summed E-state index contributed by atoms with van der Waals surface area (Å²) in [5.41, 5.74) is 4.55. The number of alkyl halides is 3. The SMILES string of the molecule is NC(=O)CCCOS(=O)(=O)c1ccc(-c2ccc(C(F)(F)F)cc2)cc1F. The van der Waals surface area contributed by atoms with Crippen LogP contribution in [0.15, 0.2) is 47.4 Å². The summed E-state index contributed by atoms with van der Waals surface area (Å²) in [5, 5.41) is 0. The maximum atomic E-state index is 14.2. The molecule has 2 N–H and O–H groups in total. The smallest absolute Gasteiger partial charge is 0.370 e. The number of amides is 1. The van der Waals surface area contributed by atoms with Crippen LogP contribution < -0.4 is 5.73 Å². The molecule has 0 spiro atoms. The van der Waals surface area contributed by atoms with Crippen molar-refractivity contribution in [2.75, 3.05) is 6.61 Å². The van der Waals surface area contributed by atoms with Crippen LogP contribution in [0.3, 0.4) is 0 Å². The molecule has 2 aromatic rings. The summed E-state index contributed by atoms with van der Waals surface area (Å²) in [6.45, 7) is -0.342. The minimum Gasteiger partial charge on any atom is -0.370 e. The summed E-state index contributed by atoms with van der Waals surface area (Å²) >= 11 is 0. The van der Waals surface area contributed by atoms with Gasteiger partial charge in [0.05, 0.1) is 12.2 Å². The minimum atomic E-state index is -4.49. The second kappa shape index (κ2) is 8.05. The Hall–Kier alpha value is -2.46. The number of rotatable bonds is 7. The van der Waals surface area contributed by atoms with Crippen LogP contribution in [0.5, 0.6) is 0 Å². The average molecular weight is 405 g/mol. The van der Waals surface area contributed by atoms with Crippen LogP contribution in [0.25, 0.3) is 11.1 Å². The van der Waals surface area contributed by atoms with E-state index in [0.717, 1.165) is 36.4 Å². The third-order valence-corrected chi connectivity index (χ3v) is 4.90. The predicted molar refractivity (Wildman–Crippen MR) is 88.4 cm³/mol. The molecule has 0 saturated heterocycles. The van der Waals surface area contributed by atoms with Crippen molar-refractivity contribution in [3.8, 4) is 11.1 Å². The van der Waals surface area contributed by atoms with Crippen molar-refractivity contribution in [2.24, 2.45) is 5.73 Å². The van der Waals surface area contributed by atoms with Crippen molar-refractivity contribution >= 4 is 16.0 Å². The van der Waals surface area contributed by atoms with E-state index in [1.165, 1.54) is 6.07 Å². The Morgan fingerprint density at radius 2 is 1.63 bits per heavy atom. The zero-order chi connectivity index (χ0) is 20.2. The van der Waals surface area contributed by atoms with Crippen molar-refractivity contribution in [1.29, 1.82) is 0 Å². The monoisotopic (exact) mass is 405 g/mol. The standard InChI is InChI=1S/C17H15F4NO4S/c18-14-10-12(11-3-6-13(7-4-11)17(19,20)21)5-8-15(14)27(24,25)26-9-1-2-16(22)23/h3-8,10H,1-2,9H2,(H2,22,23). The fourth-order valence-corrected chi connectivity index (χ4v) is 3.21. The Labute approximate surface area is 152 Å². The van der Waals surface area contributed by atoms with Crippen molar-refractivity contribution in [3.63, 3.8) is 0 Å². The predicted octanol–water partition coefficient (Wildman–Crippen LogP) is 3.48. The highest BCUT2D eigenvalue weighted by molar-refractivity contribution is 7.86. The lowest BCUT2D eigenvalue weighted by Crippen LogP contribution is -2.14. The lowest BCUT2D eigenvalue weighted by atomic mass is 10.0. The van der Waals surface area contributed by atoms with Gasteiger partial charge in [-0.05, 0) is 41.8 Å². The number of halogens is 4. The van der Waals surface area contributed by atoms with Gasteiger partial charge in [0.15, 0.2) is 0 Å². The van der Waals surface area contributed by atoms with Gasteiger partial charge in [-0.3, -0.25) is 8.98 Å². The first-order valence-corrected chi connectivity index (χ1v) is 9.06. The van der Waals surface area contributed by atoms with E-state index in [-0.39, 0.29) is 30.6 Å². The number of hydrogen-bond acceptors (Lipinski definition) is 4. The number of benzene rings is 2. The zero-order valence-electron chi connectivity index (χ0n) is 13.8. The third-order valence-electron chi connectivity index (χ3n) is 3.55. The molecular weight excluding hydrogens is 390 g/mol. The molecular formula is C17H15F4NO4S. The molecule has 0 atom stereocenters. The minimum absolute atomic E-state index is 0.0554. The van der Waals surface area contributed by atoms with Crippen molar-refractivity contribution < 1.29 is 35.0 Å². The van der Waals surface area contributed by atoms with E-state index in [9.17, 15) is 30.8 Å². The van der Waals surface area contributed by atoms with E-state index in [0.29, 0.717) is 0 Å². The van der Waals surface area contributed by atoms with Gasteiger partial charge < -0.3 is 5.73 Å². The first kappa shape index (κ1) is 20.8. The number of hydrogen-bond donors (Lipinski definition) is 1. The maximum Gasteiger partial charge on any atom is 0.416 e. The molecule has 0 unspecified atom stereocenters. The van der Waals surface area contributed by atoms with Gasteiger partial charge in [-0.1, -0.05) is 18.2 Å². The molecule has 10 heteroatoms.